The number of hydrogen-bond donors (Lipinski definition) is 4. The molecule has 0 aliphatic carbocycles. The van der Waals surface area contributed by atoms with E-state index in [-0.39, 0.29) is 11.9 Å². The molecule has 2 aromatic heterocycles. The average Bonchev–Trinajstić information content (AvgIpc) is 3.20. The monoisotopic (exact) mass is 387 g/mol. The number of aromatic amines is 1. The van der Waals surface area contributed by atoms with Crippen LogP contribution in [-0.2, 0) is 0 Å². The summed E-state index contributed by atoms with van der Waals surface area (Å²) in [5.74, 6) is 1.47. The van der Waals surface area contributed by atoms with Crippen LogP contribution < -0.4 is 11.1 Å². The van der Waals surface area contributed by atoms with Gasteiger partial charge in [0.05, 0.1) is 23.1 Å². The summed E-state index contributed by atoms with van der Waals surface area (Å²) in [7, 11) is 0. The lowest BCUT2D eigenvalue weighted by molar-refractivity contribution is 0.318. The van der Waals surface area contributed by atoms with E-state index in [1.165, 1.54) is 0 Å². The third-order valence-electron chi connectivity index (χ3n) is 4.71. The van der Waals surface area contributed by atoms with Crippen molar-refractivity contribution in [2.45, 2.75) is 19.9 Å². The number of rotatable bonds is 5. The fraction of sp³-hybridized carbons (Fsp3) is 0.143. The molecule has 0 saturated heterocycles. The molecule has 0 saturated carbocycles. The van der Waals surface area contributed by atoms with Gasteiger partial charge >= 0.3 is 0 Å². The summed E-state index contributed by atoms with van der Waals surface area (Å²) < 4.78 is 0. The van der Waals surface area contributed by atoms with E-state index >= 15 is 0 Å². The number of oxime groups is 1. The van der Waals surface area contributed by atoms with Crippen LogP contribution in [0.1, 0.15) is 29.9 Å². The van der Waals surface area contributed by atoms with E-state index in [1.807, 2.05) is 56.3 Å². The zero-order valence-corrected chi connectivity index (χ0v) is 16.1. The first kappa shape index (κ1) is 18.4. The number of anilines is 1. The molecule has 0 fully saturated rings. The quantitative estimate of drug-likeness (QED) is 0.179. The summed E-state index contributed by atoms with van der Waals surface area (Å²) in [5.41, 5.74) is 11.0. The minimum atomic E-state index is -0.0429. The largest absolute Gasteiger partial charge is 0.409 e. The lowest BCUT2D eigenvalue weighted by atomic mass is 10.0. The third kappa shape index (κ3) is 3.86. The zero-order chi connectivity index (χ0) is 20.4. The predicted octanol–water partition coefficient (Wildman–Crippen LogP) is 3.60. The Morgan fingerprint density at radius 2 is 2.03 bits per heavy atom. The van der Waals surface area contributed by atoms with Crippen molar-refractivity contribution < 1.29 is 5.21 Å². The van der Waals surface area contributed by atoms with Gasteiger partial charge in [0.15, 0.2) is 5.84 Å². The number of aromatic nitrogens is 4. The Balaban J connectivity index is 1.62. The van der Waals surface area contributed by atoms with Gasteiger partial charge in [0.25, 0.3) is 0 Å². The Morgan fingerprint density at radius 3 is 2.86 bits per heavy atom. The number of nitrogens with zero attached hydrogens (tertiary/aromatic N) is 4. The Kier molecular flexibility index (Phi) is 4.82. The summed E-state index contributed by atoms with van der Waals surface area (Å²) in [6.07, 6.45) is 1.68. The lowest BCUT2D eigenvalue weighted by Gasteiger charge is -2.17. The van der Waals surface area contributed by atoms with Gasteiger partial charge in [-0.2, -0.15) is 0 Å². The van der Waals surface area contributed by atoms with Crippen molar-refractivity contribution in [3.63, 3.8) is 0 Å². The fourth-order valence-corrected chi connectivity index (χ4v) is 3.21. The van der Waals surface area contributed by atoms with E-state index < -0.39 is 0 Å². The zero-order valence-electron chi connectivity index (χ0n) is 16.1. The van der Waals surface area contributed by atoms with Gasteiger partial charge in [-0.3, -0.25) is 0 Å². The van der Waals surface area contributed by atoms with Crippen LogP contribution in [0, 0.1) is 6.92 Å². The van der Waals surface area contributed by atoms with Crippen molar-refractivity contribution in [2.24, 2.45) is 10.9 Å². The van der Waals surface area contributed by atoms with E-state index in [4.69, 9.17) is 10.9 Å². The summed E-state index contributed by atoms with van der Waals surface area (Å²) >= 11 is 0. The molecule has 2 heterocycles. The maximum atomic E-state index is 8.90. The Labute approximate surface area is 167 Å². The second-order valence-electron chi connectivity index (χ2n) is 6.80. The highest BCUT2D eigenvalue weighted by Crippen LogP contribution is 2.25. The first-order valence-corrected chi connectivity index (χ1v) is 9.17. The van der Waals surface area contributed by atoms with E-state index in [2.05, 4.69) is 30.4 Å². The Morgan fingerprint density at radius 1 is 1.17 bits per heavy atom. The molecule has 146 valence electrons. The third-order valence-corrected chi connectivity index (χ3v) is 4.71. The summed E-state index contributed by atoms with van der Waals surface area (Å²) in [6, 6.07) is 15.4. The van der Waals surface area contributed by atoms with Crippen LogP contribution in [0.2, 0.25) is 0 Å². The van der Waals surface area contributed by atoms with Gasteiger partial charge in [0, 0.05) is 23.2 Å². The van der Waals surface area contributed by atoms with Crippen LogP contribution in [0.4, 0.5) is 5.82 Å². The van der Waals surface area contributed by atoms with Crippen LogP contribution in [0.25, 0.3) is 22.3 Å². The van der Waals surface area contributed by atoms with Gasteiger partial charge in [0.1, 0.15) is 11.6 Å². The SMILES string of the molecule is Cc1nc(NC(C)c2cccc(/C(N)=N\O)c2)cc(-c2ccc3nc[nH]c3c2)n1. The molecular weight excluding hydrogens is 366 g/mol. The topological polar surface area (TPSA) is 125 Å². The van der Waals surface area contributed by atoms with Crippen LogP contribution in [0.15, 0.2) is 60.0 Å². The van der Waals surface area contributed by atoms with Gasteiger partial charge < -0.3 is 21.2 Å². The van der Waals surface area contributed by atoms with Crippen LogP contribution in [0.5, 0.6) is 0 Å². The van der Waals surface area contributed by atoms with Gasteiger partial charge in [-0.1, -0.05) is 29.4 Å². The van der Waals surface area contributed by atoms with E-state index in [1.54, 1.807) is 12.4 Å². The minimum Gasteiger partial charge on any atom is -0.409 e. The van der Waals surface area contributed by atoms with Crippen molar-refractivity contribution >= 4 is 22.7 Å². The lowest BCUT2D eigenvalue weighted by Crippen LogP contribution is -2.15. The molecule has 1 atom stereocenters. The number of aryl methyl sites for hydroxylation is 1. The number of H-pyrrole nitrogens is 1. The molecule has 5 N–H and O–H groups in total. The molecule has 0 bridgehead atoms. The summed E-state index contributed by atoms with van der Waals surface area (Å²) in [5, 5.41) is 15.4. The van der Waals surface area contributed by atoms with Gasteiger partial charge in [0.2, 0.25) is 0 Å². The first-order valence-electron chi connectivity index (χ1n) is 9.17. The van der Waals surface area contributed by atoms with Crippen molar-refractivity contribution in [1.82, 2.24) is 19.9 Å². The molecule has 0 amide bonds. The molecule has 8 heteroatoms. The van der Waals surface area contributed by atoms with Gasteiger partial charge in [-0.25, -0.2) is 15.0 Å². The standard InChI is InChI=1S/C21H21N7O/c1-12(14-4-3-5-16(8-14)21(22)28-29)25-20-10-18(26-13(2)27-20)15-6-7-17-19(9-15)24-11-23-17/h3-12,29H,1-2H3,(H2,22,28)(H,23,24)(H,25,26,27). The summed E-state index contributed by atoms with van der Waals surface area (Å²) in [6.45, 7) is 3.90. The molecule has 2 aromatic carbocycles. The Hall–Kier alpha value is -3.94. The number of nitrogens with two attached hydrogens (primary N) is 1. The van der Waals surface area contributed by atoms with E-state index in [9.17, 15) is 0 Å². The highest BCUT2D eigenvalue weighted by Gasteiger charge is 2.11. The molecule has 0 radical (unpaired) electrons. The number of nitrogens with one attached hydrogen (secondary N) is 2. The molecule has 8 nitrogen and oxygen atoms in total. The fourth-order valence-electron chi connectivity index (χ4n) is 3.21. The molecule has 0 spiro atoms. The molecule has 0 aliphatic rings. The summed E-state index contributed by atoms with van der Waals surface area (Å²) in [4.78, 5) is 16.5. The van der Waals surface area contributed by atoms with E-state index in [0.717, 1.165) is 33.7 Å². The van der Waals surface area contributed by atoms with E-state index in [0.29, 0.717) is 11.4 Å². The smallest absolute Gasteiger partial charge is 0.170 e. The number of hydrogen-bond acceptors (Lipinski definition) is 6. The number of benzene rings is 2. The molecule has 0 aliphatic heterocycles. The van der Waals surface area contributed by atoms with Gasteiger partial charge in [-0.15, -0.1) is 0 Å². The van der Waals surface area contributed by atoms with Crippen molar-refractivity contribution in [2.75, 3.05) is 5.32 Å². The van der Waals surface area contributed by atoms with Crippen LogP contribution >= 0.6 is 0 Å². The second kappa shape index (κ2) is 7.59. The van der Waals surface area contributed by atoms with Crippen LogP contribution in [-0.4, -0.2) is 31.0 Å². The molecular formula is C21H21N7O. The number of amidine groups is 1. The maximum absolute atomic E-state index is 8.90. The van der Waals surface area contributed by atoms with Crippen LogP contribution in [0.3, 0.4) is 0 Å². The van der Waals surface area contributed by atoms with Crippen molar-refractivity contribution in [3.05, 3.63) is 71.8 Å². The first-order chi connectivity index (χ1) is 14.0. The minimum absolute atomic E-state index is 0.0429. The van der Waals surface area contributed by atoms with Crippen molar-refractivity contribution in [3.8, 4) is 11.3 Å². The average molecular weight is 387 g/mol. The number of fused-ring (bicyclic) bond motifs is 1. The van der Waals surface area contributed by atoms with Gasteiger partial charge in [-0.05, 0) is 37.6 Å². The second-order valence-corrected chi connectivity index (χ2v) is 6.80. The molecule has 29 heavy (non-hydrogen) atoms. The molecule has 4 rings (SSSR count). The Bertz CT molecular complexity index is 1200. The molecule has 4 aromatic rings. The normalized spacial score (nSPS) is 12.8. The highest BCUT2D eigenvalue weighted by molar-refractivity contribution is 5.97. The maximum Gasteiger partial charge on any atom is 0.170 e. The highest BCUT2D eigenvalue weighted by atomic mass is 16.4. The predicted molar refractivity (Wildman–Crippen MR) is 113 cm³/mol. The number of imidazole rings is 1. The van der Waals surface area contributed by atoms with Crippen molar-refractivity contribution in [1.29, 1.82) is 0 Å². The molecule has 1 unspecified atom stereocenters.